The Morgan fingerprint density at radius 1 is 1.05 bits per heavy atom. The molecule has 0 saturated heterocycles. The van der Waals surface area contributed by atoms with Gasteiger partial charge in [0.2, 0.25) is 0 Å². The van der Waals surface area contributed by atoms with Crippen molar-refractivity contribution in [2.24, 2.45) is 5.10 Å². The second-order valence-electron chi connectivity index (χ2n) is 4.06. The van der Waals surface area contributed by atoms with E-state index in [4.69, 9.17) is 28.9 Å². The molecule has 0 aliphatic rings. The molecule has 0 fully saturated rings. The third-order valence-corrected chi connectivity index (χ3v) is 3.34. The van der Waals surface area contributed by atoms with Crippen molar-refractivity contribution < 1.29 is 0 Å². The zero-order valence-electron chi connectivity index (χ0n) is 10.3. The van der Waals surface area contributed by atoms with Crippen LogP contribution in [0, 0.1) is 0 Å². The average molecular weight is 294 g/mol. The van der Waals surface area contributed by atoms with Crippen LogP contribution in [0.5, 0.6) is 0 Å². The molecule has 0 radical (unpaired) electrons. The van der Waals surface area contributed by atoms with Crippen LogP contribution in [-0.4, -0.2) is 5.71 Å². The molecule has 0 amide bonds. The number of rotatable bonds is 3. The normalized spacial score (nSPS) is 11.4. The van der Waals surface area contributed by atoms with Gasteiger partial charge in [0.15, 0.2) is 0 Å². The largest absolute Gasteiger partial charge is 0.399 e. The molecule has 0 aromatic heterocycles. The Hall–Kier alpha value is -1.71. The first-order valence-corrected chi connectivity index (χ1v) is 6.43. The van der Waals surface area contributed by atoms with E-state index < -0.39 is 0 Å². The first-order valence-electron chi connectivity index (χ1n) is 5.67. The Labute approximate surface area is 122 Å². The number of nitrogens with zero attached hydrogens (tertiary/aromatic N) is 1. The average Bonchev–Trinajstić information content (AvgIpc) is 2.40. The van der Waals surface area contributed by atoms with Crippen molar-refractivity contribution in [3.8, 4) is 0 Å². The third-order valence-electron chi connectivity index (χ3n) is 2.60. The number of nitrogens with two attached hydrogens (primary N) is 1. The second kappa shape index (κ2) is 5.95. The summed E-state index contributed by atoms with van der Waals surface area (Å²) in [5.41, 5.74) is 11.9. The highest BCUT2D eigenvalue weighted by atomic mass is 35.5. The summed E-state index contributed by atoms with van der Waals surface area (Å²) in [4.78, 5) is 0. The zero-order chi connectivity index (χ0) is 13.8. The summed E-state index contributed by atoms with van der Waals surface area (Å²) in [6.45, 7) is 1.91. The predicted octanol–water partition coefficient (Wildman–Crippen LogP) is 4.41. The summed E-state index contributed by atoms with van der Waals surface area (Å²) in [7, 11) is 0. The van der Waals surface area contributed by atoms with E-state index in [-0.39, 0.29) is 0 Å². The molecule has 2 aromatic carbocycles. The number of nitrogens with one attached hydrogen (secondary N) is 1. The fourth-order valence-electron chi connectivity index (χ4n) is 1.50. The van der Waals surface area contributed by atoms with Gasteiger partial charge in [-0.25, -0.2) is 0 Å². The van der Waals surface area contributed by atoms with Gasteiger partial charge < -0.3 is 5.73 Å². The second-order valence-corrected chi connectivity index (χ2v) is 4.87. The molecule has 0 atom stereocenters. The fraction of sp³-hybridized carbons (Fsp3) is 0.0714. The van der Waals surface area contributed by atoms with Crippen molar-refractivity contribution in [1.82, 2.24) is 0 Å². The Kier molecular flexibility index (Phi) is 4.30. The number of benzene rings is 2. The first kappa shape index (κ1) is 13.7. The van der Waals surface area contributed by atoms with E-state index >= 15 is 0 Å². The van der Waals surface area contributed by atoms with Gasteiger partial charge in [-0.3, -0.25) is 5.43 Å². The van der Waals surface area contributed by atoms with Crippen LogP contribution in [0.15, 0.2) is 47.6 Å². The van der Waals surface area contributed by atoms with E-state index in [0.717, 1.165) is 22.6 Å². The zero-order valence-corrected chi connectivity index (χ0v) is 11.8. The summed E-state index contributed by atoms with van der Waals surface area (Å²) in [5, 5.41) is 5.30. The van der Waals surface area contributed by atoms with E-state index in [1.54, 1.807) is 12.1 Å². The van der Waals surface area contributed by atoms with E-state index in [1.165, 1.54) is 0 Å². The van der Waals surface area contributed by atoms with Crippen molar-refractivity contribution in [3.05, 3.63) is 58.1 Å². The molecule has 0 unspecified atom stereocenters. The molecule has 0 aliphatic carbocycles. The first-order chi connectivity index (χ1) is 9.06. The molecule has 19 heavy (non-hydrogen) atoms. The maximum atomic E-state index is 5.93. The highest BCUT2D eigenvalue weighted by molar-refractivity contribution is 6.42. The lowest BCUT2D eigenvalue weighted by Gasteiger charge is -2.05. The van der Waals surface area contributed by atoms with Gasteiger partial charge in [0.05, 0.1) is 21.4 Å². The van der Waals surface area contributed by atoms with Crippen LogP contribution < -0.4 is 11.2 Å². The van der Waals surface area contributed by atoms with Gasteiger partial charge in [-0.15, -0.1) is 0 Å². The maximum absolute atomic E-state index is 5.93. The minimum Gasteiger partial charge on any atom is -0.399 e. The summed E-state index contributed by atoms with van der Waals surface area (Å²) in [6, 6.07) is 12.8. The topological polar surface area (TPSA) is 50.4 Å². The molecule has 3 N–H and O–H groups in total. The SMILES string of the molecule is C/C(=N/Nc1ccc(Cl)c(Cl)c1)c1ccc(N)cc1. The molecule has 2 rings (SSSR count). The molecule has 0 saturated carbocycles. The Morgan fingerprint density at radius 2 is 1.74 bits per heavy atom. The highest BCUT2D eigenvalue weighted by Gasteiger charge is 2.00. The van der Waals surface area contributed by atoms with Gasteiger partial charge in [0, 0.05) is 5.69 Å². The van der Waals surface area contributed by atoms with E-state index in [9.17, 15) is 0 Å². The quantitative estimate of drug-likeness (QED) is 0.500. The van der Waals surface area contributed by atoms with Gasteiger partial charge in [-0.1, -0.05) is 35.3 Å². The Balaban J connectivity index is 2.13. The summed E-state index contributed by atoms with van der Waals surface area (Å²) in [5.74, 6) is 0. The van der Waals surface area contributed by atoms with Crippen LogP contribution in [0.4, 0.5) is 11.4 Å². The molecule has 5 heteroatoms. The van der Waals surface area contributed by atoms with Gasteiger partial charge in [0.25, 0.3) is 0 Å². The molecular formula is C14H13Cl2N3. The minimum absolute atomic E-state index is 0.493. The maximum Gasteiger partial charge on any atom is 0.0648 e. The van der Waals surface area contributed by atoms with Crippen LogP contribution in [0.1, 0.15) is 12.5 Å². The fourth-order valence-corrected chi connectivity index (χ4v) is 1.80. The van der Waals surface area contributed by atoms with Crippen LogP contribution >= 0.6 is 23.2 Å². The lowest BCUT2D eigenvalue weighted by atomic mass is 10.1. The Bertz CT molecular complexity index is 607. The number of nitrogen functional groups attached to an aromatic ring is 1. The third kappa shape index (κ3) is 3.63. The van der Waals surface area contributed by atoms with Gasteiger partial charge in [-0.05, 0) is 42.8 Å². The van der Waals surface area contributed by atoms with Crippen molar-refractivity contribution in [2.45, 2.75) is 6.92 Å². The minimum atomic E-state index is 0.493. The lowest BCUT2D eigenvalue weighted by Crippen LogP contribution is -2.00. The van der Waals surface area contributed by atoms with Gasteiger partial charge in [-0.2, -0.15) is 5.10 Å². The number of halogens is 2. The molecule has 3 nitrogen and oxygen atoms in total. The lowest BCUT2D eigenvalue weighted by molar-refractivity contribution is 1.32. The van der Waals surface area contributed by atoms with Gasteiger partial charge in [0.1, 0.15) is 0 Å². The Morgan fingerprint density at radius 3 is 2.37 bits per heavy atom. The monoisotopic (exact) mass is 293 g/mol. The van der Waals surface area contributed by atoms with E-state index in [0.29, 0.717) is 10.0 Å². The molecule has 0 spiro atoms. The summed E-state index contributed by atoms with van der Waals surface area (Å²) < 4.78 is 0. The summed E-state index contributed by atoms with van der Waals surface area (Å²) >= 11 is 11.8. The van der Waals surface area contributed by atoms with Crippen LogP contribution in [-0.2, 0) is 0 Å². The van der Waals surface area contributed by atoms with Crippen molar-refractivity contribution >= 4 is 40.3 Å². The van der Waals surface area contributed by atoms with Crippen LogP contribution in [0.25, 0.3) is 0 Å². The number of anilines is 2. The smallest absolute Gasteiger partial charge is 0.0648 e. The van der Waals surface area contributed by atoms with Gasteiger partial charge >= 0.3 is 0 Å². The van der Waals surface area contributed by atoms with Crippen molar-refractivity contribution in [2.75, 3.05) is 11.2 Å². The predicted molar refractivity (Wildman–Crippen MR) is 83.2 cm³/mol. The van der Waals surface area contributed by atoms with Crippen LogP contribution in [0.3, 0.4) is 0 Å². The summed E-state index contributed by atoms with van der Waals surface area (Å²) in [6.07, 6.45) is 0. The number of hydrazone groups is 1. The molecule has 0 heterocycles. The standard InChI is InChI=1S/C14H13Cl2N3/c1-9(10-2-4-11(17)5-3-10)18-19-12-6-7-13(15)14(16)8-12/h2-8,19H,17H2,1H3/b18-9-. The highest BCUT2D eigenvalue weighted by Crippen LogP contribution is 2.25. The molecule has 2 aromatic rings. The molecule has 0 aliphatic heterocycles. The van der Waals surface area contributed by atoms with E-state index in [2.05, 4.69) is 10.5 Å². The number of hydrogen-bond acceptors (Lipinski definition) is 3. The van der Waals surface area contributed by atoms with Crippen molar-refractivity contribution in [1.29, 1.82) is 0 Å². The van der Waals surface area contributed by atoms with Crippen LogP contribution in [0.2, 0.25) is 10.0 Å². The number of hydrogen-bond donors (Lipinski definition) is 2. The molecule has 0 bridgehead atoms. The molecule has 98 valence electrons. The van der Waals surface area contributed by atoms with Crippen molar-refractivity contribution in [3.63, 3.8) is 0 Å². The molecular weight excluding hydrogens is 281 g/mol. The van der Waals surface area contributed by atoms with E-state index in [1.807, 2.05) is 37.3 Å².